The Bertz CT molecular complexity index is 601. The highest BCUT2D eigenvalue weighted by Crippen LogP contribution is 2.19. The van der Waals surface area contributed by atoms with E-state index < -0.39 is 24.5 Å². The quantitative estimate of drug-likeness (QED) is 0.696. The van der Waals surface area contributed by atoms with Gasteiger partial charge in [-0.25, -0.2) is 4.79 Å². The van der Waals surface area contributed by atoms with Gasteiger partial charge >= 0.3 is 5.97 Å². The molecule has 1 rings (SSSR count). The monoisotopic (exact) mass is 336 g/mol. The number of carbonyl (C=O) groups excluding carboxylic acids is 3. The fraction of sp³-hybridized carbons (Fsp3) is 0.471. The van der Waals surface area contributed by atoms with Gasteiger partial charge in [-0.05, 0) is 38.0 Å². The summed E-state index contributed by atoms with van der Waals surface area (Å²) in [6.45, 7) is 5.44. The predicted octanol–water partition coefficient (Wildman–Crippen LogP) is 1.19. The van der Waals surface area contributed by atoms with Gasteiger partial charge in [0.15, 0.2) is 6.61 Å². The maximum Gasteiger partial charge on any atom is 0.338 e. The lowest BCUT2D eigenvalue weighted by Crippen LogP contribution is -2.46. The Hall–Kier alpha value is -2.57. The van der Waals surface area contributed by atoms with E-state index in [9.17, 15) is 14.4 Å². The summed E-state index contributed by atoms with van der Waals surface area (Å²) in [5.74, 6) is -0.886. The third-order valence-corrected chi connectivity index (χ3v) is 3.30. The van der Waals surface area contributed by atoms with Gasteiger partial charge in [0.05, 0.1) is 12.7 Å². The van der Waals surface area contributed by atoms with Crippen molar-refractivity contribution in [2.24, 2.45) is 0 Å². The minimum absolute atomic E-state index is 0.278. The Morgan fingerprint density at radius 2 is 1.96 bits per heavy atom. The minimum Gasteiger partial charge on any atom is -0.496 e. The van der Waals surface area contributed by atoms with Crippen LogP contribution < -0.4 is 15.4 Å². The molecule has 0 heterocycles. The van der Waals surface area contributed by atoms with Crippen LogP contribution in [0.15, 0.2) is 18.2 Å². The van der Waals surface area contributed by atoms with Crippen LogP contribution in [0.25, 0.3) is 0 Å². The molecule has 132 valence electrons. The molecule has 1 aromatic carbocycles. The Kier molecular flexibility index (Phi) is 7.74. The first-order valence-corrected chi connectivity index (χ1v) is 7.77. The number of amides is 2. The maximum atomic E-state index is 12.0. The molecule has 0 aliphatic carbocycles. The van der Waals surface area contributed by atoms with Gasteiger partial charge in [0.25, 0.3) is 5.91 Å². The van der Waals surface area contributed by atoms with Gasteiger partial charge in [-0.2, -0.15) is 0 Å². The van der Waals surface area contributed by atoms with E-state index >= 15 is 0 Å². The molecule has 1 atom stereocenters. The summed E-state index contributed by atoms with van der Waals surface area (Å²) in [5, 5.41) is 5.14. The molecule has 0 spiro atoms. The molecule has 0 saturated carbocycles. The van der Waals surface area contributed by atoms with Crippen molar-refractivity contribution in [3.8, 4) is 5.75 Å². The number of hydrogen-bond donors (Lipinski definition) is 2. The smallest absolute Gasteiger partial charge is 0.338 e. The number of methoxy groups -OCH3 is 1. The van der Waals surface area contributed by atoms with E-state index in [0.717, 1.165) is 12.0 Å². The molecular formula is C17H24N2O5. The van der Waals surface area contributed by atoms with Crippen molar-refractivity contribution in [2.75, 3.05) is 20.3 Å². The standard InChI is InChI=1S/C17H24N2O5/c1-5-8-18-16(21)12(3)19-15(20)10-24-17(22)13-7-6-11(2)14(9-13)23-4/h6-7,9,12H,5,8,10H2,1-4H3,(H,18,21)(H,19,20)/t12-/m1/s1. The van der Waals surface area contributed by atoms with Crippen LogP contribution in [0.2, 0.25) is 0 Å². The molecule has 24 heavy (non-hydrogen) atoms. The van der Waals surface area contributed by atoms with E-state index in [1.807, 2.05) is 13.8 Å². The topological polar surface area (TPSA) is 93.7 Å². The van der Waals surface area contributed by atoms with Crippen LogP contribution in [-0.4, -0.2) is 44.1 Å². The molecular weight excluding hydrogens is 312 g/mol. The van der Waals surface area contributed by atoms with Gasteiger partial charge < -0.3 is 20.1 Å². The molecule has 2 N–H and O–H groups in total. The number of aryl methyl sites for hydroxylation is 1. The molecule has 1 aromatic rings. The van der Waals surface area contributed by atoms with E-state index in [1.54, 1.807) is 25.1 Å². The second-order valence-corrected chi connectivity index (χ2v) is 5.34. The lowest BCUT2D eigenvalue weighted by molar-refractivity contribution is -0.130. The number of hydrogen-bond acceptors (Lipinski definition) is 5. The highest BCUT2D eigenvalue weighted by molar-refractivity contribution is 5.93. The van der Waals surface area contributed by atoms with Gasteiger partial charge in [-0.15, -0.1) is 0 Å². The van der Waals surface area contributed by atoms with Crippen LogP contribution in [0.5, 0.6) is 5.75 Å². The average Bonchev–Trinajstić information content (AvgIpc) is 2.57. The van der Waals surface area contributed by atoms with Crippen LogP contribution in [0.4, 0.5) is 0 Å². The Balaban J connectivity index is 2.49. The first-order chi connectivity index (χ1) is 11.4. The molecule has 7 heteroatoms. The zero-order valence-corrected chi connectivity index (χ0v) is 14.5. The fourth-order valence-corrected chi connectivity index (χ4v) is 1.91. The second kappa shape index (κ2) is 9.54. The van der Waals surface area contributed by atoms with Crippen LogP contribution in [-0.2, 0) is 14.3 Å². The van der Waals surface area contributed by atoms with Crippen molar-refractivity contribution in [1.29, 1.82) is 0 Å². The summed E-state index contributed by atoms with van der Waals surface area (Å²) in [4.78, 5) is 35.4. The highest BCUT2D eigenvalue weighted by atomic mass is 16.5. The van der Waals surface area contributed by atoms with E-state index in [2.05, 4.69) is 10.6 Å². The molecule has 0 fully saturated rings. The number of esters is 1. The fourth-order valence-electron chi connectivity index (χ4n) is 1.91. The van der Waals surface area contributed by atoms with Crippen LogP contribution in [0.3, 0.4) is 0 Å². The SMILES string of the molecule is CCCNC(=O)[C@@H](C)NC(=O)COC(=O)c1ccc(C)c(OC)c1. The lowest BCUT2D eigenvalue weighted by atomic mass is 10.1. The second-order valence-electron chi connectivity index (χ2n) is 5.34. The largest absolute Gasteiger partial charge is 0.496 e. The van der Waals surface area contributed by atoms with Crippen molar-refractivity contribution >= 4 is 17.8 Å². The Labute approximate surface area is 141 Å². The number of carbonyl (C=O) groups is 3. The normalized spacial score (nSPS) is 11.3. The zero-order chi connectivity index (χ0) is 18.1. The first-order valence-electron chi connectivity index (χ1n) is 7.77. The van der Waals surface area contributed by atoms with Gasteiger partial charge in [-0.1, -0.05) is 13.0 Å². The number of rotatable bonds is 8. The Morgan fingerprint density at radius 1 is 1.25 bits per heavy atom. The summed E-state index contributed by atoms with van der Waals surface area (Å²) in [6, 6.07) is 4.19. The molecule has 0 unspecified atom stereocenters. The lowest BCUT2D eigenvalue weighted by Gasteiger charge is -2.14. The van der Waals surface area contributed by atoms with E-state index in [4.69, 9.17) is 9.47 Å². The molecule has 0 saturated heterocycles. The molecule has 0 bridgehead atoms. The van der Waals surface area contributed by atoms with Crippen LogP contribution in [0.1, 0.15) is 36.2 Å². The summed E-state index contributed by atoms with van der Waals surface area (Å²) in [6.07, 6.45) is 0.810. The molecule has 0 aromatic heterocycles. The van der Waals surface area contributed by atoms with Gasteiger partial charge in [0, 0.05) is 6.54 Å². The zero-order valence-electron chi connectivity index (χ0n) is 14.5. The summed E-state index contributed by atoms with van der Waals surface area (Å²) < 4.78 is 10.1. The van der Waals surface area contributed by atoms with Crippen molar-refractivity contribution in [3.05, 3.63) is 29.3 Å². The van der Waals surface area contributed by atoms with Gasteiger partial charge in [0.2, 0.25) is 5.91 Å². The molecule has 0 radical (unpaired) electrons. The number of benzene rings is 1. The molecule has 7 nitrogen and oxygen atoms in total. The summed E-state index contributed by atoms with van der Waals surface area (Å²) in [7, 11) is 1.51. The number of nitrogens with one attached hydrogen (secondary N) is 2. The average molecular weight is 336 g/mol. The predicted molar refractivity (Wildman–Crippen MR) is 88.9 cm³/mol. The van der Waals surface area contributed by atoms with Gasteiger partial charge in [-0.3, -0.25) is 9.59 Å². The van der Waals surface area contributed by atoms with Crippen LogP contribution in [0, 0.1) is 6.92 Å². The highest BCUT2D eigenvalue weighted by Gasteiger charge is 2.17. The maximum absolute atomic E-state index is 12.0. The molecule has 2 amide bonds. The van der Waals surface area contributed by atoms with E-state index in [1.165, 1.54) is 7.11 Å². The minimum atomic E-state index is -0.692. The molecule has 0 aliphatic rings. The first kappa shape index (κ1) is 19.5. The number of ether oxygens (including phenoxy) is 2. The third kappa shape index (κ3) is 5.91. The van der Waals surface area contributed by atoms with Crippen molar-refractivity contribution in [1.82, 2.24) is 10.6 Å². The summed E-state index contributed by atoms with van der Waals surface area (Å²) in [5.41, 5.74) is 1.18. The van der Waals surface area contributed by atoms with Crippen molar-refractivity contribution < 1.29 is 23.9 Å². The Morgan fingerprint density at radius 3 is 2.58 bits per heavy atom. The van der Waals surface area contributed by atoms with Crippen molar-refractivity contribution in [3.63, 3.8) is 0 Å². The summed E-state index contributed by atoms with van der Waals surface area (Å²) >= 11 is 0. The molecule has 0 aliphatic heterocycles. The van der Waals surface area contributed by atoms with Crippen LogP contribution >= 0.6 is 0 Å². The van der Waals surface area contributed by atoms with E-state index in [0.29, 0.717) is 17.9 Å². The van der Waals surface area contributed by atoms with Crippen molar-refractivity contribution in [2.45, 2.75) is 33.2 Å². The van der Waals surface area contributed by atoms with Gasteiger partial charge in [0.1, 0.15) is 11.8 Å². The third-order valence-electron chi connectivity index (χ3n) is 3.30. The van der Waals surface area contributed by atoms with E-state index in [-0.39, 0.29) is 5.91 Å².